The summed E-state index contributed by atoms with van der Waals surface area (Å²) < 4.78 is 4.75. The lowest BCUT2D eigenvalue weighted by molar-refractivity contribution is -0.121. The predicted molar refractivity (Wildman–Crippen MR) is 41.2 cm³/mol. The fourth-order valence-electron chi connectivity index (χ4n) is 0.678. The Labute approximate surface area is 66.3 Å². The Balaban J connectivity index is 3.36. The maximum Gasteiger partial charge on any atom is 0.151 e. The third kappa shape index (κ3) is 4.89. The summed E-state index contributed by atoms with van der Waals surface area (Å²) in [6, 6.07) is -0.716. The first-order valence-electron chi connectivity index (χ1n) is 3.60. The van der Waals surface area contributed by atoms with Gasteiger partial charge < -0.3 is 15.6 Å². The molecule has 3 N–H and O–H groups in total. The van der Waals surface area contributed by atoms with E-state index in [-0.39, 0.29) is 12.4 Å². The van der Waals surface area contributed by atoms with Crippen LogP contribution in [0.15, 0.2) is 0 Å². The Morgan fingerprint density at radius 3 is 2.82 bits per heavy atom. The minimum atomic E-state index is -0.716. The van der Waals surface area contributed by atoms with Crippen molar-refractivity contribution in [2.24, 2.45) is 5.73 Å². The lowest BCUT2D eigenvalue weighted by Crippen LogP contribution is -2.33. The van der Waals surface area contributed by atoms with Gasteiger partial charge in [0.2, 0.25) is 0 Å². The lowest BCUT2D eigenvalue weighted by atomic mass is 10.1. The van der Waals surface area contributed by atoms with E-state index in [1.54, 1.807) is 7.11 Å². The zero-order chi connectivity index (χ0) is 8.69. The number of methoxy groups -OCH3 is 1. The number of carbonyl (C=O) groups is 1. The van der Waals surface area contributed by atoms with Crippen molar-refractivity contribution in [1.82, 2.24) is 0 Å². The molecule has 0 fully saturated rings. The molecule has 0 saturated carbocycles. The number of carbonyl (C=O) groups excluding carboxylic acids is 1. The van der Waals surface area contributed by atoms with Crippen LogP contribution < -0.4 is 5.73 Å². The molecule has 11 heavy (non-hydrogen) atoms. The molecule has 0 aromatic heterocycles. The molecule has 0 rings (SSSR count). The third-order valence-electron chi connectivity index (χ3n) is 1.38. The van der Waals surface area contributed by atoms with Crippen LogP contribution in [0.4, 0.5) is 0 Å². The van der Waals surface area contributed by atoms with Crippen LogP contribution in [-0.4, -0.2) is 37.3 Å². The molecule has 0 radical (unpaired) electrons. The summed E-state index contributed by atoms with van der Waals surface area (Å²) in [6.07, 6.45) is 1.05. The average molecular weight is 161 g/mol. The van der Waals surface area contributed by atoms with Crippen molar-refractivity contribution in [3.63, 3.8) is 0 Å². The van der Waals surface area contributed by atoms with Crippen LogP contribution in [0.2, 0.25) is 0 Å². The zero-order valence-corrected chi connectivity index (χ0v) is 6.75. The molecule has 0 aliphatic heterocycles. The lowest BCUT2D eigenvalue weighted by Gasteiger charge is -2.05. The molecule has 0 aliphatic carbocycles. The largest absolute Gasteiger partial charge is 0.394 e. The van der Waals surface area contributed by atoms with Crippen molar-refractivity contribution in [2.45, 2.75) is 18.9 Å². The SMILES string of the molecule is COCCCC(=O)C(N)CO. The van der Waals surface area contributed by atoms with Gasteiger partial charge in [-0.25, -0.2) is 0 Å². The highest BCUT2D eigenvalue weighted by Gasteiger charge is 2.10. The molecule has 0 amide bonds. The van der Waals surface area contributed by atoms with E-state index in [1.165, 1.54) is 0 Å². The molecule has 66 valence electrons. The number of hydrogen-bond acceptors (Lipinski definition) is 4. The van der Waals surface area contributed by atoms with Gasteiger partial charge in [0, 0.05) is 20.1 Å². The number of hydrogen-bond donors (Lipinski definition) is 2. The van der Waals surface area contributed by atoms with E-state index in [9.17, 15) is 4.79 Å². The van der Waals surface area contributed by atoms with Gasteiger partial charge in [-0.15, -0.1) is 0 Å². The molecular weight excluding hydrogens is 146 g/mol. The molecule has 0 aromatic carbocycles. The molecule has 0 aliphatic rings. The number of aliphatic hydroxyl groups is 1. The minimum Gasteiger partial charge on any atom is -0.394 e. The van der Waals surface area contributed by atoms with Crippen LogP contribution in [0.25, 0.3) is 0 Å². The summed E-state index contributed by atoms with van der Waals surface area (Å²) in [7, 11) is 1.58. The normalized spacial score (nSPS) is 13.0. The molecule has 0 saturated heterocycles. The van der Waals surface area contributed by atoms with E-state index in [2.05, 4.69) is 0 Å². The van der Waals surface area contributed by atoms with Crippen molar-refractivity contribution < 1.29 is 14.6 Å². The van der Waals surface area contributed by atoms with Crippen LogP contribution in [0.3, 0.4) is 0 Å². The quantitative estimate of drug-likeness (QED) is 0.505. The van der Waals surface area contributed by atoms with E-state index in [4.69, 9.17) is 15.6 Å². The van der Waals surface area contributed by atoms with E-state index in [0.717, 1.165) is 0 Å². The Hall–Kier alpha value is -0.450. The number of nitrogens with two attached hydrogens (primary N) is 1. The Bertz CT molecular complexity index is 116. The first kappa shape index (κ1) is 10.6. The number of ketones is 1. The van der Waals surface area contributed by atoms with Crippen LogP contribution in [-0.2, 0) is 9.53 Å². The van der Waals surface area contributed by atoms with Gasteiger partial charge in [0.15, 0.2) is 5.78 Å². The Morgan fingerprint density at radius 2 is 2.36 bits per heavy atom. The maximum atomic E-state index is 10.9. The van der Waals surface area contributed by atoms with Gasteiger partial charge in [-0.05, 0) is 6.42 Å². The second kappa shape index (κ2) is 6.27. The maximum absolute atomic E-state index is 10.9. The first-order valence-corrected chi connectivity index (χ1v) is 3.60. The Kier molecular flexibility index (Phi) is 6.02. The highest BCUT2D eigenvalue weighted by molar-refractivity contribution is 5.83. The first-order chi connectivity index (χ1) is 5.22. The highest BCUT2D eigenvalue weighted by atomic mass is 16.5. The summed E-state index contributed by atoms with van der Waals surface area (Å²) in [5.41, 5.74) is 5.26. The average Bonchev–Trinajstić information content (AvgIpc) is 2.03. The summed E-state index contributed by atoms with van der Waals surface area (Å²) in [5, 5.41) is 8.48. The number of ether oxygens (including phenoxy) is 1. The van der Waals surface area contributed by atoms with Crippen LogP contribution in [0.5, 0.6) is 0 Å². The second-order valence-electron chi connectivity index (χ2n) is 2.35. The molecule has 4 nitrogen and oxygen atoms in total. The molecule has 0 heterocycles. The van der Waals surface area contributed by atoms with Gasteiger partial charge in [0.1, 0.15) is 0 Å². The number of aliphatic hydroxyl groups excluding tert-OH is 1. The van der Waals surface area contributed by atoms with E-state index >= 15 is 0 Å². The molecule has 0 spiro atoms. The molecule has 0 aromatic rings. The van der Waals surface area contributed by atoms with E-state index in [0.29, 0.717) is 19.4 Å². The number of rotatable bonds is 6. The van der Waals surface area contributed by atoms with Crippen molar-refractivity contribution >= 4 is 5.78 Å². The fraction of sp³-hybridized carbons (Fsp3) is 0.857. The van der Waals surface area contributed by atoms with Gasteiger partial charge in [-0.1, -0.05) is 0 Å². The number of Topliss-reactive ketones (excluding diaryl/α,β-unsaturated/α-hetero) is 1. The van der Waals surface area contributed by atoms with Crippen molar-refractivity contribution in [1.29, 1.82) is 0 Å². The zero-order valence-electron chi connectivity index (χ0n) is 6.75. The van der Waals surface area contributed by atoms with Crippen molar-refractivity contribution in [3.8, 4) is 0 Å². The van der Waals surface area contributed by atoms with Gasteiger partial charge in [-0.2, -0.15) is 0 Å². The smallest absolute Gasteiger partial charge is 0.151 e. The summed E-state index contributed by atoms with van der Waals surface area (Å²) >= 11 is 0. The van der Waals surface area contributed by atoms with Crippen LogP contribution in [0.1, 0.15) is 12.8 Å². The standard InChI is InChI=1S/C7H15NO3/c1-11-4-2-3-7(10)6(8)5-9/h6,9H,2-5,8H2,1H3. The minimum absolute atomic E-state index is 0.107. The fourth-order valence-corrected chi connectivity index (χ4v) is 0.678. The molecule has 1 unspecified atom stereocenters. The van der Waals surface area contributed by atoms with Gasteiger partial charge in [0.25, 0.3) is 0 Å². The van der Waals surface area contributed by atoms with E-state index < -0.39 is 6.04 Å². The monoisotopic (exact) mass is 161 g/mol. The molecule has 1 atom stereocenters. The summed E-state index contributed by atoms with van der Waals surface area (Å²) in [6.45, 7) is 0.287. The topological polar surface area (TPSA) is 72.5 Å². The molecule has 4 heteroatoms. The summed E-state index contributed by atoms with van der Waals surface area (Å²) in [4.78, 5) is 10.9. The predicted octanol–water partition coefficient (Wildman–Crippen LogP) is -0.698. The molecule has 0 bridgehead atoms. The highest BCUT2D eigenvalue weighted by Crippen LogP contribution is 1.93. The molecular formula is C7H15NO3. The Morgan fingerprint density at radius 1 is 1.73 bits per heavy atom. The summed E-state index contributed by atoms with van der Waals surface area (Å²) in [5.74, 6) is -0.107. The van der Waals surface area contributed by atoms with Crippen LogP contribution in [0, 0.1) is 0 Å². The van der Waals surface area contributed by atoms with Crippen molar-refractivity contribution in [3.05, 3.63) is 0 Å². The van der Waals surface area contributed by atoms with Gasteiger partial charge in [-0.3, -0.25) is 4.79 Å². The second-order valence-corrected chi connectivity index (χ2v) is 2.35. The van der Waals surface area contributed by atoms with Crippen molar-refractivity contribution in [2.75, 3.05) is 20.3 Å². The van der Waals surface area contributed by atoms with E-state index in [1.807, 2.05) is 0 Å². The van der Waals surface area contributed by atoms with Gasteiger partial charge in [0.05, 0.1) is 12.6 Å². The van der Waals surface area contributed by atoms with Crippen LogP contribution >= 0.6 is 0 Å². The third-order valence-corrected chi connectivity index (χ3v) is 1.38. The van der Waals surface area contributed by atoms with Gasteiger partial charge >= 0.3 is 0 Å².